The molecule has 1 unspecified atom stereocenters. The predicted molar refractivity (Wildman–Crippen MR) is 98.3 cm³/mol. The van der Waals surface area contributed by atoms with Crippen molar-refractivity contribution in [2.24, 2.45) is 0 Å². The maximum atomic E-state index is 12.7. The zero-order valence-corrected chi connectivity index (χ0v) is 15.5. The van der Waals surface area contributed by atoms with Gasteiger partial charge in [0.2, 0.25) is 0 Å². The highest BCUT2D eigenvalue weighted by Gasteiger charge is 2.25. The van der Waals surface area contributed by atoms with Crippen LogP contribution in [0.4, 0.5) is 5.82 Å². The molecule has 134 valence electrons. The van der Waals surface area contributed by atoms with Gasteiger partial charge in [-0.3, -0.25) is 9.69 Å². The minimum atomic E-state index is 0.105. The Hall–Kier alpha value is -2.06. The molecule has 1 atom stereocenters. The molecule has 0 spiro atoms. The predicted octanol–water partition coefficient (Wildman–Crippen LogP) is 1.95. The number of amides is 1. The fraction of sp³-hybridized carbons (Fsp3) is 0.529. The van der Waals surface area contributed by atoms with Gasteiger partial charge in [0.15, 0.2) is 0 Å². The smallest absolute Gasteiger partial charge is 0.256 e. The summed E-state index contributed by atoms with van der Waals surface area (Å²) < 4.78 is 4.21. The molecule has 0 aromatic carbocycles. The van der Waals surface area contributed by atoms with Gasteiger partial charge in [-0.1, -0.05) is 0 Å². The molecule has 3 rings (SSSR count). The van der Waals surface area contributed by atoms with Crippen molar-refractivity contribution in [2.75, 3.05) is 25.9 Å². The van der Waals surface area contributed by atoms with Gasteiger partial charge in [0.25, 0.3) is 5.91 Å². The van der Waals surface area contributed by atoms with Crippen LogP contribution in [0.25, 0.3) is 0 Å². The number of aromatic nitrogens is 3. The number of rotatable bonds is 4. The Labute approximate surface area is 152 Å². The lowest BCUT2D eigenvalue weighted by Gasteiger charge is -2.26. The Balaban J connectivity index is 1.59. The van der Waals surface area contributed by atoms with Crippen LogP contribution in [-0.4, -0.2) is 56.2 Å². The minimum absolute atomic E-state index is 0.105. The first-order valence-corrected chi connectivity index (χ1v) is 9.36. The van der Waals surface area contributed by atoms with E-state index in [-0.39, 0.29) is 5.91 Å². The quantitative estimate of drug-likeness (QED) is 0.896. The van der Waals surface area contributed by atoms with E-state index in [1.807, 2.05) is 17.2 Å². The number of nitrogens with two attached hydrogens (primary N) is 1. The van der Waals surface area contributed by atoms with E-state index >= 15 is 0 Å². The number of carbonyl (C=O) groups is 1. The number of hydrogen-bond donors (Lipinski definition) is 1. The van der Waals surface area contributed by atoms with Gasteiger partial charge in [0.05, 0.1) is 17.8 Å². The molecule has 1 amide bonds. The summed E-state index contributed by atoms with van der Waals surface area (Å²) in [6, 6.07) is 2.10. The van der Waals surface area contributed by atoms with Gasteiger partial charge in [-0.15, -0.1) is 0 Å². The molecule has 1 aliphatic rings. The lowest BCUT2D eigenvalue weighted by Crippen LogP contribution is -2.35. The number of nitrogens with zero attached hydrogens (tertiary/aromatic N) is 5. The number of aryl methyl sites for hydroxylation is 1. The Morgan fingerprint density at radius 3 is 3.00 bits per heavy atom. The monoisotopic (exact) mass is 360 g/mol. The van der Waals surface area contributed by atoms with Gasteiger partial charge in [-0.05, 0) is 50.8 Å². The lowest BCUT2D eigenvalue weighted by atomic mass is 10.1. The largest absolute Gasteiger partial charge is 0.384 e. The molecular weight excluding hydrogens is 336 g/mol. The summed E-state index contributed by atoms with van der Waals surface area (Å²) in [5.74, 6) is 1.34. The van der Waals surface area contributed by atoms with Crippen LogP contribution in [0.15, 0.2) is 17.6 Å². The highest BCUT2D eigenvalue weighted by atomic mass is 32.1. The van der Waals surface area contributed by atoms with Crippen LogP contribution < -0.4 is 5.73 Å². The highest BCUT2D eigenvalue weighted by molar-refractivity contribution is 7.03. The highest BCUT2D eigenvalue weighted by Crippen LogP contribution is 2.20. The molecule has 0 bridgehead atoms. The second-order valence-corrected chi connectivity index (χ2v) is 7.13. The van der Waals surface area contributed by atoms with Crippen molar-refractivity contribution in [3.8, 4) is 0 Å². The van der Waals surface area contributed by atoms with Crippen molar-refractivity contribution in [2.45, 2.75) is 38.8 Å². The summed E-state index contributed by atoms with van der Waals surface area (Å²) >= 11 is 1.34. The third kappa shape index (κ3) is 4.32. The molecule has 0 saturated carbocycles. The zero-order valence-electron chi connectivity index (χ0n) is 14.7. The minimum Gasteiger partial charge on any atom is -0.384 e. The molecule has 1 aliphatic heterocycles. The second kappa shape index (κ2) is 7.88. The Bertz CT molecular complexity index is 733. The van der Waals surface area contributed by atoms with Gasteiger partial charge in [0, 0.05) is 30.7 Å². The van der Waals surface area contributed by atoms with Crippen LogP contribution in [0.1, 0.15) is 41.1 Å². The van der Waals surface area contributed by atoms with E-state index in [2.05, 4.69) is 26.3 Å². The lowest BCUT2D eigenvalue weighted by molar-refractivity contribution is 0.0757. The number of nitrogen functional groups attached to an aromatic ring is 1. The van der Waals surface area contributed by atoms with E-state index < -0.39 is 0 Å². The van der Waals surface area contributed by atoms with E-state index in [0.717, 1.165) is 49.4 Å². The van der Waals surface area contributed by atoms with Crippen molar-refractivity contribution >= 4 is 23.3 Å². The maximum absolute atomic E-state index is 12.7. The molecule has 3 heterocycles. The third-order valence-corrected chi connectivity index (χ3v) is 5.43. The van der Waals surface area contributed by atoms with Crippen LogP contribution in [0.3, 0.4) is 0 Å². The van der Waals surface area contributed by atoms with Gasteiger partial charge in [-0.2, -0.15) is 4.37 Å². The first kappa shape index (κ1) is 17.8. The SMILES string of the molecule is Cc1nscc1C(=O)N1CCCC(N(C)Cc2nccc(N)n2)CC1. The standard InChI is InChI=1S/C17H24N6OS/c1-12-14(11-25-21-12)17(24)23-8-3-4-13(6-9-23)22(2)10-16-19-7-5-15(18)20-16/h5,7,11,13H,3-4,6,8-10H2,1-2H3,(H2,18,19,20). The fourth-order valence-corrected chi connectivity index (χ4v) is 3.92. The Kier molecular flexibility index (Phi) is 5.60. The van der Waals surface area contributed by atoms with Crippen molar-refractivity contribution in [1.82, 2.24) is 24.1 Å². The van der Waals surface area contributed by atoms with Crippen LogP contribution in [0.5, 0.6) is 0 Å². The number of hydrogen-bond acceptors (Lipinski definition) is 7. The molecule has 2 aromatic heterocycles. The summed E-state index contributed by atoms with van der Waals surface area (Å²) in [6.07, 6.45) is 4.69. The average molecular weight is 360 g/mol. The molecule has 0 aliphatic carbocycles. The third-order valence-electron chi connectivity index (χ3n) is 4.71. The molecule has 7 nitrogen and oxygen atoms in total. The molecule has 1 saturated heterocycles. The van der Waals surface area contributed by atoms with E-state index in [4.69, 9.17) is 5.73 Å². The number of anilines is 1. The molecule has 2 N–H and O–H groups in total. The molecule has 25 heavy (non-hydrogen) atoms. The Morgan fingerprint density at radius 1 is 1.44 bits per heavy atom. The molecule has 8 heteroatoms. The van der Waals surface area contributed by atoms with E-state index in [1.165, 1.54) is 11.5 Å². The van der Waals surface area contributed by atoms with Crippen molar-refractivity contribution < 1.29 is 4.79 Å². The molecule has 1 fully saturated rings. The van der Waals surface area contributed by atoms with Gasteiger partial charge >= 0.3 is 0 Å². The summed E-state index contributed by atoms with van der Waals surface area (Å²) in [5, 5.41) is 1.85. The van der Waals surface area contributed by atoms with Crippen LogP contribution in [0, 0.1) is 6.92 Å². The first-order valence-electron chi connectivity index (χ1n) is 8.52. The summed E-state index contributed by atoms with van der Waals surface area (Å²) in [7, 11) is 2.08. The van der Waals surface area contributed by atoms with E-state index in [1.54, 1.807) is 12.3 Å². The summed E-state index contributed by atoms with van der Waals surface area (Å²) in [4.78, 5) is 25.5. The average Bonchev–Trinajstić information content (AvgIpc) is 2.86. The topological polar surface area (TPSA) is 88.2 Å². The van der Waals surface area contributed by atoms with Crippen molar-refractivity contribution in [3.63, 3.8) is 0 Å². The van der Waals surface area contributed by atoms with E-state index in [0.29, 0.717) is 18.4 Å². The van der Waals surface area contributed by atoms with Gasteiger partial charge in [0.1, 0.15) is 11.6 Å². The molecule has 2 aromatic rings. The molecule has 0 radical (unpaired) electrons. The van der Waals surface area contributed by atoms with Crippen LogP contribution in [-0.2, 0) is 6.54 Å². The van der Waals surface area contributed by atoms with Crippen molar-refractivity contribution in [3.05, 3.63) is 34.7 Å². The number of likely N-dealkylation sites (tertiary alicyclic amines) is 1. The van der Waals surface area contributed by atoms with Crippen molar-refractivity contribution in [1.29, 1.82) is 0 Å². The summed E-state index contributed by atoms with van der Waals surface area (Å²) in [6.45, 7) is 4.12. The molecular formula is C17H24N6OS. The van der Waals surface area contributed by atoms with Gasteiger partial charge in [-0.25, -0.2) is 9.97 Å². The Morgan fingerprint density at radius 2 is 2.28 bits per heavy atom. The number of carbonyl (C=O) groups excluding carboxylic acids is 1. The second-order valence-electron chi connectivity index (χ2n) is 6.50. The normalized spacial score (nSPS) is 18.4. The summed E-state index contributed by atoms with van der Waals surface area (Å²) in [5.41, 5.74) is 7.30. The first-order chi connectivity index (χ1) is 12.0. The van der Waals surface area contributed by atoms with E-state index in [9.17, 15) is 4.79 Å². The van der Waals surface area contributed by atoms with Crippen LogP contribution >= 0.6 is 11.5 Å². The van der Waals surface area contributed by atoms with Gasteiger partial charge < -0.3 is 10.6 Å². The maximum Gasteiger partial charge on any atom is 0.256 e. The fourth-order valence-electron chi connectivity index (χ4n) is 3.23. The zero-order chi connectivity index (χ0) is 17.8. The van der Waals surface area contributed by atoms with Crippen LogP contribution in [0.2, 0.25) is 0 Å².